The molecule has 13 nitrogen and oxygen atoms in total. The maximum atomic E-state index is 13.1. The highest BCUT2D eigenvalue weighted by atomic mass is 32.2. The lowest BCUT2D eigenvalue weighted by atomic mass is 9.81. The molecule has 48 heavy (non-hydrogen) atoms. The van der Waals surface area contributed by atoms with Crippen LogP contribution in [-0.2, 0) is 14.4 Å². The Bertz CT molecular complexity index is 2120. The molecule has 2 saturated heterocycles. The predicted molar refractivity (Wildman–Crippen MR) is 183 cm³/mol. The van der Waals surface area contributed by atoms with E-state index in [1.807, 2.05) is 0 Å². The van der Waals surface area contributed by atoms with E-state index < -0.39 is 15.8 Å². The third kappa shape index (κ3) is 5.97. The Hall–Kier alpha value is -4.93. The van der Waals surface area contributed by atoms with Crippen LogP contribution in [0.5, 0.6) is 0 Å². The van der Waals surface area contributed by atoms with Gasteiger partial charge < -0.3 is 5.32 Å². The first-order valence-corrected chi connectivity index (χ1v) is 17.3. The molecule has 1 saturated carbocycles. The normalized spacial score (nSPS) is 20.9. The number of fused-ring (bicyclic) bond motifs is 2. The van der Waals surface area contributed by atoms with E-state index in [1.54, 1.807) is 49.4 Å². The molecular formula is C32H24N6O7S3. The molecule has 0 spiro atoms. The SMILES string of the molecule is Cc1ccc(N=C2NC(=O)/C(=C/c3ccc(Sc4nc5ccc(N6C(=O)[C@@H]7CCCC[C@H]7C6=O)cc5s4)c([N+](=O)[O-])c3)S2)cc1[N+](=O)[O-]. The fourth-order valence-corrected chi connectivity index (χ4v) is 9.04. The number of imide groups is 1. The summed E-state index contributed by atoms with van der Waals surface area (Å²) in [6.45, 7) is 1.62. The molecule has 7 rings (SSSR count). The zero-order chi connectivity index (χ0) is 33.7. The van der Waals surface area contributed by atoms with Crippen molar-refractivity contribution in [2.45, 2.75) is 41.8 Å². The Morgan fingerprint density at radius 3 is 2.40 bits per heavy atom. The van der Waals surface area contributed by atoms with Gasteiger partial charge in [0.05, 0.1) is 53.1 Å². The molecular weight excluding hydrogens is 677 g/mol. The van der Waals surface area contributed by atoms with Crippen LogP contribution in [0.2, 0.25) is 0 Å². The fourth-order valence-electron chi connectivity index (χ4n) is 6.05. The quantitative estimate of drug-likeness (QED) is 0.0901. The van der Waals surface area contributed by atoms with E-state index in [2.05, 4.69) is 15.3 Å². The molecule has 3 fully saturated rings. The Kier molecular flexibility index (Phi) is 8.30. The Labute approximate surface area is 284 Å². The summed E-state index contributed by atoms with van der Waals surface area (Å²) in [5.74, 6) is -1.26. The molecule has 16 heteroatoms. The van der Waals surface area contributed by atoms with Crippen molar-refractivity contribution in [3.05, 3.63) is 90.9 Å². The minimum atomic E-state index is -0.502. The van der Waals surface area contributed by atoms with Gasteiger partial charge in [0.15, 0.2) is 9.51 Å². The number of hydrogen-bond acceptors (Lipinski definition) is 12. The topological polar surface area (TPSA) is 178 Å². The number of amidine groups is 1. The van der Waals surface area contributed by atoms with Crippen LogP contribution < -0.4 is 10.2 Å². The molecule has 3 heterocycles. The number of nitro benzene ring substituents is 2. The van der Waals surface area contributed by atoms with Crippen LogP contribution in [-0.4, -0.2) is 37.7 Å². The van der Waals surface area contributed by atoms with Crippen molar-refractivity contribution in [1.29, 1.82) is 0 Å². The standard InChI is InChI=1S/C32H24N6O7S3/c1-16-6-8-18(14-23(16)37(42)43)33-31-35-28(39)27(46-31)13-17-7-11-25(24(12-17)38(44)45)47-32-34-22-10-9-19(15-26(22)48-32)36-29(40)20-4-2-3-5-21(20)30(36)41/h6-15,20-21H,2-5H2,1H3,(H,33,35,39)/b27-13-/t20-,21-/m1/s1. The number of benzene rings is 3. The Morgan fingerprint density at radius 2 is 1.69 bits per heavy atom. The van der Waals surface area contributed by atoms with Crippen LogP contribution in [0.25, 0.3) is 16.3 Å². The number of nitro groups is 2. The average molecular weight is 701 g/mol. The van der Waals surface area contributed by atoms with Crippen LogP contribution in [0.1, 0.15) is 36.8 Å². The molecule has 3 amide bonds. The highest BCUT2D eigenvalue weighted by Crippen LogP contribution is 2.43. The van der Waals surface area contributed by atoms with Gasteiger partial charge in [0.2, 0.25) is 11.8 Å². The second-order valence-corrected chi connectivity index (χ2v) is 14.8. The van der Waals surface area contributed by atoms with E-state index in [1.165, 1.54) is 34.4 Å². The van der Waals surface area contributed by atoms with Gasteiger partial charge in [0.1, 0.15) is 0 Å². The lowest BCUT2D eigenvalue weighted by Gasteiger charge is -2.19. The van der Waals surface area contributed by atoms with Gasteiger partial charge in [-0.25, -0.2) is 9.98 Å². The monoisotopic (exact) mass is 700 g/mol. The molecule has 0 unspecified atom stereocenters. The van der Waals surface area contributed by atoms with E-state index in [0.717, 1.165) is 53.9 Å². The van der Waals surface area contributed by atoms with Gasteiger partial charge in [-0.05, 0) is 73.5 Å². The first-order chi connectivity index (χ1) is 23.0. The molecule has 0 bridgehead atoms. The van der Waals surface area contributed by atoms with Crippen molar-refractivity contribution in [1.82, 2.24) is 10.3 Å². The van der Waals surface area contributed by atoms with Gasteiger partial charge in [-0.3, -0.25) is 39.5 Å². The smallest absolute Gasteiger partial charge is 0.283 e. The van der Waals surface area contributed by atoms with E-state index in [-0.39, 0.29) is 45.1 Å². The van der Waals surface area contributed by atoms with Gasteiger partial charge >= 0.3 is 0 Å². The summed E-state index contributed by atoms with van der Waals surface area (Å²) in [5.41, 5.74) is 2.11. The maximum absolute atomic E-state index is 13.1. The molecule has 242 valence electrons. The summed E-state index contributed by atoms with van der Waals surface area (Å²) >= 11 is 3.45. The number of amides is 3. The third-order valence-corrected chi connectivity index (χ3v) is 11.5. The predicted octanol–water partition coefficient (Wildman–Crippen LogP) is 7.14. The van der Waals surface area contributed by atoms with Crippen LogP contribution in [0.15, 0.2) is 73.7 Å². The van der Waals surface area contributed by atoms with E-state index in [4.69, 9.17) is 0 Å². The molecule has 1 N–H and O–H groups in total. The number of nitrogens with zero attached hydrogens (tertiary/aromatic N) is 5. The summed E-state index contributed by atoms with van der Waals surface area (Å²) in [4.78, 5) is 72.0. The second-order valence-electron chi connectivity index (χ2n) is 11.4. The van der Waals surface area contributed by atoms with Crippen molar-refractivity contribution in [2.75, 3.05) is 4.90 Å². The first kappa shape index (κ1) is 31.7. The number of nitrogens with one attached hydrogen (secondary N) is 1. The zero-order valence-electron chi connectivity index (χ0n) is 25.1. The van der Waals surface area contributed by atoms with Gasteiger partial charge in [-0.1, -0.05) is 36.7 Å². The summed E-state index contributed by atoms with van der Waals surface area (Å²) in [5, 5.41) is 26.2. The van der Waals surface area contributed by atoms with Crippen molar-refractivity contribution < 1.29 is 24.2 Å². The van der Waals surface area contributed by atoms with Crippen LogP contribution in [0, 0.1) is 39.0 Å². The van der Waals surface area contributed by atoms with E-state index in [9.17, 15) is 34.6 Å². The highest BCUT2D eigenvalue weighted by molar-refractivity contribution is 8.18. The van der Waals surface area contributed by atoms with Gasteiger partial charge in [-0.15, -0.1) is 11.3 Å². The van der Waals surface area contributed by atoms with Crippen LogP contribution in [0.4, 0.5) is 22.7 Å². The number of carbonyl (C=O) groups excluding carboxylic acids is 3. The highest BCUT2D eigenvalue weighted by Gasteiger charge is 2.48. The largest absolute Gasteiger partial charge is 0.300 e. The number of anilines is 1. The van der Waals surface area contributed by atoms with Gasteiger partial charge in [-0.2, -0.15) is 0 Å². The van der Waals surface area contributed by atoms with Crippen molar-refractivity contribution in [2.24, 2.45) is 16.8 Å². The second kappa shape index (κ2) is 12.6. The number of aliphatic imine (C=N–C) groups is 1. The molecule has 4 aromatic rings. The summed E-state index contributed by atoms with van der Waals surface area (Å²) in [7, 11) is 0. The number of carbonyl (C=O) groups is 3. The fraction of sp³-hybridized carbons (Fsp3) is 0.219. The Morgan fingerprint density at radius 1 is 0.958 bits per heavy atom. The Balaban J connectivity index is 1.10. The minimum Gasteiger partial charge on any atom is -0.300 e. The number of thioether (sulfide) groups is 1. The molecule has 1 aliphatic carbocycles. The summed E-state index contributed by atoms with van der Waals surface area (Å²) < 4.78 is 1.29. The van der Waals surface area contributed by atoms with Crippen LogP contribution in [0.3, 0.4) is 0 Å². The number of rotatable bonds is 7. The molecule has 1 aromatic heterocycles. The molecule has 3 aromatic carbocycles. The van der Waals surface area contributed by atoms with E-state index >= 15 is 0 Å². The average Bonchev–Trinajstić information content (AvgIpc) is 3.70. The van der Waals surface area contributed by atoms with Crippen molar-refractivity contribution >= 4 is 96.8 Å². The van der Waals surface area contributed by atoms with Crippen molar-refractivity contribution in [3.8, 4) is 0 Å². The lowest BCUT2D eigenvalue weighted by Crippen LogP contribution is -2.30. The third-order valence-electron chi connectivity index (χ3n) is 8.40. The van der Waals surface area contributed by atoms with Crippen LogP contribution >= 0.6 is 34.9 Å². The van der Waals surface area contributed by atoms with E-state index in [0.29, 0.717) is 37.3 Å². The molecule has 2 atom stereocenters. The minimum absolute atomic E-state index is 0.0879. The maximum Gasteiger partial charge on any atom is 0.283 e. The summed E-state index contributed by atoms with van der Waals surface area (Å²) in [6, 6.07) is 14.4. The number of hydrogen-bond donors (Lipinski definition) is 1. The molecule has 0 radical (unpaired) electrons. The first-order valence-electron chi connectivity index (χ1n) is 14.8. The zero-order valence-corrected chi connectivity index (χ0v) is 27.5. The summed E-state index contributed by atoms with van der Waals surface area (Å²) in [6.07, 6.45) is 4.86. The molecule has 3 aliphatic rings. The molecule has 2 aliphatic heterocycles. The number of aromatic nitrogens is 1. The van der Waals surface area contributed by atoms with Gasteiger partial charge in [0, 0.05) is 17.7 Å². The van der Waals surface area contributed by atoms with Gasteiger partial charge in [0.25, 0.3) is 17.3 Å². The lowest BCUT2D eigenvalue weighted by molar-refractivity contribution is -0.387. The number of aryl methyl sites for hydroxylation is 1. The number of thiazole rings is 1. The van der Waals surface area contributed by atoms with Crippen molar-refractivity contribution in [3.63, 3.8) is 0 Å².